The Hall–Kier alpha value is -3.09. The molecule has 1 aliphatic carbocycles. The summed E-state index contributed by atoms with van der Waals surface area (Å²) in [6, 6.07) is 1.51. The maximum atomic E-state index is 13.5. The van der Waals surface area contributed by atoms with Gasteiger partial charge in [0, 0.05) is 23.8 Å². The van der Waals surface area contributed by atoms with Gasteiger partial charge in [0.25, 0.3) is 0 Å². The summed E-state index contributed by atoms with van der Waals surface area (Å²) in [5.74, 6) is -2.25. The molecular formula is C24H29F3N2O7. The highest BCUT2D eigenvalue weighted by Gasteiger charge is 2.52. The van der Waals surface area contributed by atoms with E-state index in [0.717, 1.165) is 12.2 Å². The number of aliphatic hydroxyl groups is 3. The second kappa shape index (κ2) is 10.9. The summed E-state index contributed by atoms with van der Waals surface area (Å²) in [6.45, 7) is 0.552. The number of fused-ring (bicyclic) bond motifs is 3. The first-order chi connectivity index (χ1) is 16.9. The Labute approximate surface area is 205 Å². The van der Waals surface area contributed by atoms with Gasteiger partial charge >= 0.3 is 6.18 Å². The van der Waals surface area contributed by atoms with Gasteiger partial charge in [-0.3, -0.25) is 9.59 Å². The van der Waals surface area contributed by atoms with E-state index < -0.39 is 48.7 Å². The van der Waals surface area contributed by atoms with E-state index in [0.29, 0.717) is 21.6 Å². The molecule has 198 valence electrons. The predicted octanol–water partition coefficient (Wildman–Crippen LogP) is 1.17. The van der Waals surface area contributed by atoms with E-state index >= 15 is 0 Å². The highest BCUT2D eigenvalue weighted by atomic mass is 19.4. The fourth-order valence-electron chi connectivity index (χ4n) is 4.47. The van der Waals surface area contributed by atoms with E-state index in [-0.39, 0.29) is 36.8 Å². The van der Waals surface area contributed by atoms with Crippen molar-refractivity contribution in [3.63, 3.8) is 0 Å². The topological polar surface area (TPSA) is 129 Å². The average molecular weight is 514 g/mol. The van der Waals surface area contributed by atoms with Crippen LogP contribution in [0.4, 0.5) is 13.2 Å². The summed E-state index contributed by atoms with van der Waals surface area (Å²) in [5, 5.41) is 32.5. The van der Waals surface area contributed by atoms with Crippen molar-refractivity contribution in [2.45, 2.75) is 50.8 Å². The first kappa shape index (κ1) is 27.5. The highest BCUT2D eigenvalue weighted by Crippen LogP contribution is 2.51. The van der Waals surface area contributed by atoms with Gasteiger partial charge in [-0.05, 0) is 37.6 Å². The van der Waals surface area contributed by atoms with Gasteiger partial charge in [0.05, 0.1) is 32.3 Å². The van der Waals surface area contributed by atoms with Crippen LogP contribution in [0.15, 0.2) is 35.4 Å². The largest absolute Gasteiger partial charge is 0.493 e. The number of aliphatic hydroxyl groups excluding tert-OH is 3. The lowest BCUT2D eigenvalue weighted by Crippen LogP contribution is -2.57. The first-order valence-corrected chi connectivity index (χ1v) is 11.2. The molecule has 9 nitrogen and oxygen atoms in total. The number of nitrogens with one attached hydrogen (secondary N) is 1. The zero-order valence-electron chi connectivity index (χ0n) is 20.0. The molecule has 3 rings (SSSR count). The molecule has 1 aromatic rings. The smallest absolute Gasteiger partial charge is 0.406 e. The summed E-state index contributed by atoms with van der Waals surface area (Å²) in [7, 11) is 1.36. The number of ether oxygens (including phenoxy) is 2. The number of alkyl halides is 3. The zero-order valence-corrected chi connectivity index (χ0v) is 20.0. The van der Waals surface area contributed by atoms with E-state index in [1.165, 1.54) is 13.2 Å². The molecule has 1 heterocycles. The number of hydrogen-bond donors (Lipinski definition) is 4. The molecule has 2 aliphatic rings. The summed E-state index contributed by atoms with van der Waals surface area (Å²) >= 11 is 0. The Bertz CT molecular complexity index is 1070. The molecule has 4 N–H and O–H groups in total. The third-order valence-corrected chi connectivity index (χ3v) is 5.90. The summed E-state index contributed by atoms with van der Waals surface area (Å²) < 4.78 is 51.7. The van der Waals surface area contributed by atoms with Crippen molar-refractivity contribution in [2.75, 3.05) is 26.8 Å². The number of carbonyl (C=O) groups is 2. The second-order valence-corrected chi connectivity index (χ2v) is 8.82. The average Bonchev–Trinajstić information content (AvgIpc) is 3.20. The van der Waals surface area contributed by atoms with Crippen LogP contribution in [0.1, 0.15) is 30.9 Å². The van der Waals surface area contributed by atoms with Crippen LogP contribution in [-0.4, -0.2) is 83.3 Å². The standard InChI is InChI=1S/C24H29F3N2O7/c1-12(2)6-18(32)29(11-24(25,26)27)16-9-15(23(34)28-4-5-30)19-14-7-13(10-31)8-17(35-3)21(14)36-22(19)20(16)33/h6-9,16,19-20,22,30-31,33H,4-5,10-11H2,1-3H3,(H,28,34). The van der Waals surface area contributed by atoms with Crippen LogP contribution in [0.3, 0.4) is 0 Å². The van der Waals surface area contributed by atoms with Gasteiger partial charge in [0.2, 0.25) is 11.8 Å². The van der Waals surface area contributed by atoms with Crippen molar-refractivity contribution in [3.05, 3.63) is 46.6 Å². The summed E-state index contributed by atoms with van der Waals surface area (Å²) in [6.07, 6.45) is -5.51. The van der Waals surface area contributed by atoms with Gasteiger partial charge in [-0.1, -0.05) is 5.57 Å². The van der Waals surface area contributed by atoms with E-state index in [9.17, 15) is 33.0 Å². The van der Waals surface area contributed by atoms with Crippen molar-refractivity contribution < 1.29 is 47.6 Å². The van der Waals surface area contributed by atoms with Gasteiger partial charge in [-0.15, -0.1) is 0 Å². The van der Waals surface area contributed by atoms with Crippen molar-refractivity contribution in [3.8, 4) is 11.5 Å². The van der Waals surface area contributed by atoms with Gasteiger partial charge in [0.1, 0.15) is 18.8 Å². The Kier molecular flexibility index (Phi) is 8.32. The molecule has 0 saturated heterocycles. The lowest BCUT2D eigenvalue weighted by molar-refractivity contribution is -0.167. The third kappa shape index (κ3) is 5.66. The Morgan fingerprint density at radius 1 is 1.25 bits per heavy atom. The molecule has 12 heteroatoms. The van der Waals surface area contributed by atoms with Crippen LogP contribution in [-0.2, 0) is 16.2 Å². The minimum absolute atomic E-state index is 0.0446. The molecular weight excluding hydrogens is 485 g/mol. The van der Waals surface area contributed by atoms with Crippen LogP contribution < -0.4 is 14.8 Å². The fraction of sp³-hybridized carbons (Fsp3) is 0.500. The molecule has 0 aromatic heterocycles. The molecule has 1 aliphatic heterocycles. The third-order valence-electron chi connectivity index (χ3n) is 5.90. The van der Waals surface area contributed by atoms with Crippen LogP contribution >= 0.6 is 0 Å². The molecule has 0 spiro atoms. The van der Waals surface area contributed by atoms with Crippen LogP contribution in [0.5, 0.6) is 11.5 Å². The van der Waals surface area contributed by atoms with Gasteiger partial charge < -0.3 is 35.0 Å². The van der Waals surface area contributed by atoms with Crippen LogP contribution in [0.2, 0.25) is 0 Å². The van der Waals surface area contributed by atoms with Crippen LogP contribution in [0.25, 0.3) is 0 Å². The Balaban J connectivity index is 2.17. The number of benzene rings is 1. The molecule has 0 saturated carbocycles. The molecule has 4 atom stereocenters. The lowest BCUT2D eigenvalue weighted by atomic mass is 9.77. The maximum Gasteiger partial charge on any atom is 0.406 e. The number of rotatable bonds is 8. The van der Waals surface area contributed by atoms with E-state index in [2.05, 4.69) is 5.32 Å². The minimum atomic E-state index is -4.78. The van der Waals surface area contributed by atoms with Crippen molar-refractivity contribution in [1.29, 1.82) is 0 Å². The van der Waals surface area contributed by atoms with Crippen molar-refractivity contribution in [2.24, 2.45) is 0 Å². The monoisotopic (exact) mass is 514 g/mol. The normalized spacial score (nSPS) is 22.5. The highest BCUT2D eigenvalue weighted by molar-refractivity contribution is 5.96. The van der Waals surface area contributed by atoms with E-state index in [4.69, 9.17) is 14.6 Å². The SMILES string of the molecule is COc1cc(CO)cc2c1OC1C2C(C(=O)NCCO)=CC(N(CC(F)(F)F)C(=O)C=C(C)C)C1O. The number of nitrogens with zero attached hydrogens (tertiary/aromatic N) is 1. The number of methoxy groups -OCH3 is 1. The number of amides is 2. The maximum absolute atomic E-state index is 13.5. The van der Waals surface area contributed by atoms with E-state index in [1.807, 2.05) is 0 Å². The van der Waals surface area contributed by atoms with Gasteiger partial charge in [0.15, 0.2) is 11.5 Å². The zero-order chi connectivity index (χ0) is 26.8. The molecule has 2 amide bonds. The summed E-state index contributed by atoms with van der Waals surface area (Å²) in [5.41, 5.74) is 1.23. The second-order valence-electron chi connectivity index (χ2n) is 8.82. The van der Waals surface area contributed by atoms with E-state index in [1.54, 1.807) is 19.9 Å². The number of carbonyl (C=O) groups excluding carboxylic acids is 2. The molecule has 0 bridgehead atoms. The quantitative estimate of drug-likeness (QED) is 0.384. The molecule has 4 unspecified atom stereocenters. The van der Waals surface area contributed by atoms with Crippen molar-refractivity contribution >= 4 is 11.8 Å². The first-order valence-electron chi connectivity index (χ1n) is 11.2. The molecule has 0 radical (unpaired) electrons. The molecule has 36 heavy (non-hydrogen) atoms. The van der Waals surface area contributed by atoms with Gasteiger partial charge in [-0.25, -0.2) is 0 Å². The Morgan fingerprint density at radius 2 is 1.94 bits per heavy atom. The number of halogens is 3. The Morgan fingerprint density at radius 3 is 2.50 bits per heavy atom. The molecule has 0 fully saturated rings. The fourth-order valence-corrected chi connectivity index (χ4v) is 4.47. The minimum Gasteiger partial charge on any atom is -0.493 e. The van der Waals surface area contributed by atoms with Gasteiger partial charge in [-0.2, -0.15) is 13.2 Å². The van der Waals surface area contributed by atoms with Crippen LogP contribution in [0, 0.1) is 0 Å². The predicted molar refractivity (Wildman–Crippen MR) is 121 cm³/mol. The van der Waals surface area contributed by atoms with Crippen molar-refractivity contribution in [1.82, 2.24) is 10.2 Å². The molecule has 1 aromatic carbocycles. The summed E-state index contributed by atoms with van der Waals surface area (Å²) in [4.78, 5) is 26.3. The lowest BCUT2D eigenvalue weighted by Gasteiger charge is -2.40. The number of allylic oxidation sites excluding steroid dienone is 1. The number of hydrogen-bond acceptors (Lipinski definition) is 7.